The van der Waals surface area contributed by atoms with Crippen LogP contribution in [0.3, 0.4) is 0 Å². The molecule has 0 saturated heterocycles. The van der Waals surface area contributed by atoms with Crippen LogP contribution < -0.4 is 4.90 Å². The first-order valence-electron chi connectivity index (χ1n) is 7.61. The molecule has 4 nitrogen and oxygen atoms in total. The second-order valence-corrected chi connectivity index (χ2v) is 7.61. The van der Waals surface area contributed by atoms with Crippen LogP contribution in [0.15, 0.2) is 35.2 Å². The Morgan fingerprint density at radius 2 is 1.86 bits per heavy atom. The Balaban J connectivity index is 2.26. The van der Waals surface area contributed by atoms with Gasteiger partial charge >= 0.3 is 0 Å². The average molecular weight is 317 g/mol. The summed E-state index contributed by atoms with van der Waals surface area (Å²) in [6.07, 6.45) is 1.48. The number of benzene rings is 2. The molecule has 0 atom stereocenters. The highest BCUT2D eigenvalue weighted by molar-refractivity contribution is 7.91. The molecule has 1 amide bonds. The molecule has 1 aliphatic rings. The maximum atomic E-state index is 12.6. The number of hydrogen-bond acceptors (Lipinski definition) is 3. The van der Waals surface area contributed by atoms with E-state index in [1.807, 2.05) is 26.0 Å². The molecule has 5 heteroatoms. The molecule has 2 aromatic rings. The molecule has 22 heavy (non-hydrogen) atoms. The first-order valence-corrected chi connectivity index (χ1v) is 9.26. The second kappa shape index (κ2) is 5.39. The van der Waals surface area contributed by atoms with E-state index >= 15 is 0 Å². The number of sulfone groups is 1. The van der Waals surface area contributed by atoms with Gasteiger partial charge in [0.25, 0.3) is 5.91 Å². The summed E-state index contributed by atoms with van der Waals surface area (Å²) < 4.78 is 25.2. The zero-order valence-corrected chi connectivity index (χ0v) is 13.6. The highest BCUT2D eigenvalue weighted by atomic mass is 32.2. The Labute approximate surface area is 130 Å². The lowest BCUT2D eigenvalue weighted by Crippen LogP contribution is -2.25. The van der Waals surface area contributed by atoms with Gasteiger partial charge in [-0.15, -0.1) is 0 Å². The number of carbonyl (C=O) groups is 1. The van der Waals surface area contributed by atoms with Crippen molar-refractivity contribution in [2.75, 3.05) is 17.2 Å². The van der Waals surface area contributed by atoms with Crippen molar-refractivity contribution in [1.29, 1.82) is 0 Å². The lowest BCUT2D eigenvalue weighted by molar-refractivity contribution is 0.0994. The van der Waals surface area contributed by atoms with E-state index in [9.17, 15) is 13.2 Å². The first-order chi connectivity index (χ1) is 10.5. The van der Waals surface area contributed by atoms with E-state index in [4.69, 9.17) is 0 Å². The summed E-state index contributed by atoms with van der Waals surface area (Å²) in [5, 5.41) is 1.43. The van der Waals surface area contributed by atoms with Gasteiger partial charge in [-0.1, -0.05) is 25.5 Å². The number of amides is 1. The van der Waals surface area contributed by atoms with Crippen molar-refractivity contribution in [3.05, 3.63) is 35.9 Å². The first kappa shape index (κ1) is 15.0. The quantitative estimate of drug-likeness (QED) is 0.849. The van der Waals surface area contributed by atoms with Gasteiger partial charge in [0.05, 0.1) is 16.3 Å². The van der Waals surface area contributed by atoms with Gasteiger partial charge in [0.2, 0.25) is 0 Å². The SMILES string of the molecule is CCCCS(=O)(=O)c1ccc2c3c(cccc13)N(CC)C2=O. The number of rotatable bonds is 5. The van der Waals surface area contributed by atoms with Crippen LogP contribution in [0, 0.1) is 0 Å². The Hall–Kier alpha value is -1.88. The van der Waals surface area contributed by atoms with Crippen LogP contribution in [-0.2, 0) is 9.84 Å². The van der Waals surface area contributed by atoms with E-state index in [-0.39, 0.29) is 11.7 Å². The molecule has 3 rings (SSSR count). The highest BCUT2D eigenvalue weighted by Crippen LogP contribution is 2.39. The molecular formula is C17H19NO3S. The van der Waals surface area contributed by atoms with E-state index in [2.05, 4.69) is 0 Å². The maximum Gasteiger partial charge on any atom is 0.258 e. The van der Waals surface area contributed by atoms with Crippen molar-refractivity contribution in [2.24, 2.45) is 0 Å². The Morgan fingerprint density at radius 1 is 1.09 bits per heavy atom. The number of carbonyl (C=O) groups excluding carboxylic acids is 1. The fraction of sp³-hybridized carbons (Fsp3) is 0.353. The van der Waals surface area contributed by atoms with Crippen LogP contribution in [0.25, 0.3) is 10.8 Å². The summed E-state index contributed by atoms with van der Waals surface area (Å²) in [7, 11) is -3.33. The molecule has 0 N–H and O–H groups in total. The maximum absolute atomic E-state index is 12.6. The molecule has 0 saturated carbocycles. The molecule has 0 aliphatic carbocycles. The summed E-state index contributed by atoms with van der Waals surface area (Å²) in [5.74, 6) is 0.0966. The van der Waals surface area contributed by atoms with Crippen molar-refractivity contribution in [1.82, 2.24) is 0 Å². The topological polar surface area (TPSA) is 54.5 Å². The van der Waals surface area contributed by atoms with Crippen molar-refractivity contribution in [3.8, 4) is 0 Å². The average Bonchev–Trinajstić information content (AvgIpc) is 2.79. The number of nitrogens with zero attached hydrogens (tertiary/aromatic N) is 1. The van der Waals surface area contributed by atoms with Crippen molar-refractivity contribution in [2.45, 2.75) is 31.6 Å². The second-order valence-electron chi connectivity index (χ2n) is 5.53. The fourth-order valence-electron chi connectivity index (χ4n) is 3.05. The minimum absolute atomic E-state index is 0.0498. The molecule has 1 aliphatic heterocycles. The highest BCUT2D eigenvalue weighted by Gasteiger charge is 2.31. The predicted octanol–water partition coefficient (Wildman–Crippen LogP) is 3.39. The van der Waals surface area contributed by atoms with Crippen LogP contribution in [0.5, 0.6) is 0 Å². The van der Waals surface area contributed by atoms with Gasteiger partial charge in [-0.25, -0.2) is 8.42 Å². The van der Waals surface area contributed by atoms with Crippen molar-refractivity contribution < 1.29 is 13.2 Å². The smallest absolute Gasteiger partial charge is 0.258 e. The third kappa shape index (κ3) is 2.11. The molecular weight excluding hydrogens is 298 g/mol. The monoisotopic (exact) mass is 317 g/mol. The van der Waals surface area contributed by atoms with E-state index in [1.165, 1.54) is 0 Å². The Kier molecular flexibility index (Phi) is 3.68. The van der Waals surface area contributed by atoms with Gasteiger partial charge in [0.15, 0.2) is 9.84 Å². The van der Waals surface area contributed by atoms with Crippen LogP contribution in [0.4, 0.5) is 5.69 Å². The predicted molar refractivity (Wildman–Crippen MR) is 88.3 cm³/mol. The molecule has 0 unspecified atom stereocenters. The lowest BCUT2D eigenvalue weighted by Gasteiger charge is -2.14. The van der Waals surface area contributed by atoms with Crippen LogP contribution in [0.1, 0.15) is 37.0 Å². The van der Waals surface area contributed by atoms with E-state index in [1.54, 1.807) is 23.1 Å². The zero-order chi connectivity index (χ0) is 15.9. The summed E-state index contributed by atoms with van der Waals surface area (Å²) in [4.78, 5) is 14.5. The van der Waals surface area contributed by atoms with Crippen molar-refractivity contribution in [3.63, 3.8) is 0 Å². The van der Waals surface area contributed by atoms with Crippen molar-refractivity contribution >= 4 is 32.2 Å². The third-order valence-corrected chi connectivity index (χ3v) is 6.02. The standard InChI is InChI=1S/C17H19NO3S/c1-3-5-11-22(20,21)15-10-9-13-16-12(15)7-6-8-14(16)18(4-2)17(13)19/h6-10H,3-5,11H2,1-2H3. The van der Waals surface area contributed by atoms with Crippen LogP contribution >= 0.6 is 0 Å². The molecule has 0 radical (unpaired) electrons. The third-order valence-electron chi connectivity index (χ3n) is 4.16. The molecule has 0 aromatic heterocycles. The van der Waals surface area contributed by atoms with Gasteiger partial charge in [-0.2, -0.15) is 0 Å². The van der Waals surface area contributed by atoms with Gasteiger partial charge in [-0.3, -0.25) is 4.79 Å². The number of hydrogen-bond donors (Lipinski definition) is 0. The number of anilines is 1. The molecule has 2 aromatic carbocycles. The number of unbranched alkanes of at least 4 members (excludes halogenated alkanes) is 1. The fourth-order valence-corrected chi connectivity index (χ4v) is 4.72. The normalized spacial score (nSPS) is 14.1. The molecule has 0 spiro atoms. The Morgan fingerprint density at radius 3 is 2.55 bits per heavy atom. The zero-order valence-electron chi connectivity index (χ0n) is 12.8. The summed E-state index contributed by atoms with van der Waals surface area (Å²) >= 11 is 0. The van der Waals surface area contributed by atoms with Gasteiger partial charge < -0.3 is 4.90 Å². The summed E-state index contributed by atoms with van der Waals surface area (Å²) in [5.41, 5.74) is 1.41. The molecule has 116 valence electrons. The molecule has 0 fully saturated rings. The minimum atomic E-state index is -3.33. The van der Waals surface area contributed by atoms with Gasteiger partial charge in [0, 0.05) is 22.9 Å². The van der Waals surface area contributed by atoms with Gasteiger partial charge in [0.1, 0.15) is 0 Å². The van der Waals surface area contributed by atoms with E-state index in [0.29, 0.717) is 28.8 Å². The van der Waals surface area contributed by atoms with E-state index < -0.39 is 9.84 Å². The molecule has 1 heterocycles. The van der Waals surface area contributed by atoms with E-state index in [0.717, 1.165) is 17.5 Å². The van der Waals surface area contributed by atoms with Crippen LogP contribution in [-0.4, -0.2) is 26.6 Å². The van der Waals surface area contributed by atoms with Gasteiger partial charge in [-0.05, 0) is 31.5 Å². The minimum Gasteiger partial charge on any atom is -0.308 e. The van der Waals surface area contributed by atoms with Crippen LogP contribution in [0.2, 0.25) is 0 Å². The Bertz CT molecular complexity index is 856. The summed E-state index contributed by atoms with van der Waals surface area (Å²) in [6.45, 7) is 4.47. The molecule has 0 bridgehead atoms. The lowest BCUT2D eigenvalue weighted by atomic mass is 10.1. The summed E-state index contributed by atoms with van der Waals surface area (Å²) in [6, 6.07) is 8.74. The largest absolute Gasteiger partial charge is 0.308 e.